The summed E-state index contributed by atoms with van der Waals surface area (Å²) in [5.74, 6) is 3.82. The van der Waals surface area contributed by atoms with Gasteiger partial charge in [-0.15, -0.1) is 22.7 Å². The van der Waals surface area contributed by atoms with Crippen LogP contribution < -0.4 is 0 Å². The molecule has 4 aromatic heterocycles. The fourth-order valence-corrected chi connectivity index (χ4v) is 9.60. The molecular weight excluding hydrogens is 725 g/mol. The lowest BCUT2D eigenvalue weighted by Crippen LogP contribution is -2.00. The Hall–Kier alpha value is -7.00. The van der Waals surface area contributed by atoms with Gasteiger partial charge >= 0.3 is 0 Å². The first-order valence-corrected chi connectivity index (χ1v) is 19.9. The van der Waals surface area contributed by atoms with E-state index in [2.05, 4.69) is 78.9 Å². The van der Waals surface area contributed by atoms with Gasteiger partial charge in [0, 0.05) is 73.7 Å². The molecule has 0 bridgehead atoms. The molecule has 0 aliphatic heterocycles. The maximum Gasteiger partial charge on any atom is 0.165 e. The maximum absolute atomic E-state index is 5.19. The molecule has 11 aromatic rings. The second-order valence-corrected chi connectivity index (χ2v) is 15.7. The quantitative estimate of drug-likeness (QED) is 0.168. The second kappa shape index (κ2) is 13.4. The molecule has 56 heavy (non-hydrogen) atoms. The molecule has 0 radical (unpaired) electrons. The van der Waals surface area contributed by atoms with Crippen molar-refractivity contribution in [1.82, 2.24) is 29.9 Å². The first kappa shape index (κ1) is 32.4. The van der Waals surface area contributed by atoms with Crippen molar-refractivity contribution in [3.63, 3.8) is 0 Å². The van der Waals surface area contributed by atoms with Gasteiger partial charge in [-0.25, -0.2) is 29.9 Å². The molecular formula is C48H28N6S2. The topological polar surface area (TPSA) is 77.3 Å². The van der Waals surface area contributed by atoms with Crippen LogP contribution in [0.2, 0.25) is 0 Å². The summed E-state index contributed by atoms with van der Waals surface area (Å²) in [6.07, 6.45) is 0. The summed E-state index contributed by atoms with van der Waals surface area (Å²) in [6, 6.07) is 58.2. The molecule has 0 atom stereocenters. The smallest absolute Gasteiger partial charge is 0.165 e. The summed E-state index contributed by atoms with van der Waals surface area (Å²) in [5.41, 5.74) is 5.66. The van der Waals surface area contributed by atoms with Crippen molar-refractivity contribution in [3.05, 3.63) is 170 Å². The van der Waals surface area contributed by atoms with Crippen LogP contribution in [0.15, 0.2) is 170 Å². The fourth-order valence-electron chi connectivity index (χ4n) is 7.26. The molecule has 7 aromatic carbocycles. The normalized spacial score (nSPS) is 11.6. The molecule has 4 heterocycles. The van der Waals surface area contributed by atoms with Gasteiger partial charge in [0.05, 0.1) is 0 Å². The first-order valence-electron chi connectivity index (χ1n) is 18.3. The summed E-state index contributed by atoms with van der Waals surface area (Å²) < 4.78 is 4.75. The van der Waals surface area contributed by atoms with Crippen molar-refractivity contribution < 1.29 is 0 Å². The van der Waals surface area contributed by atoms with E-state index < -0.39 is 0 Å². The third-order valence-corrected chi connectivity index (χ3v) is 12.4. The SMILES string of the molecule is c1ccc(-c2nc(-c3ccccc3)nc(-c3ccc4c(c3)sc3c(-c5nc(-c6ccccc6)nc(-c6ccc7sc8ccccc8c7c6)n5)cccc34)n2)cc1. The molecule has 0 fully saturated rings. The van der Waals surface area contributed by atoms with Crippen molar-refractivity contribution in [3.8, 4) is 68.3 Å². The summed E-state index contributed by atoms with van der Waals surface area (Å²) >= 11 is 3.54. The average molecular weight is 753 g/mol. The van der Waals surface area contributed by atoms with Crippen LogP contribution in [0.4, 0.5) is 0 Å². The highest BCUT2D eigenvalue weighted by molar-refractivity contribution is 7.26. The zero-order valence-corrected chi connectivity index (χ0v) is 31.3. The van der Waals surface area contributed by atoms with Gasteiger partial charge in [-0.3, -0.25) is 0 Å². The van der Waals surface area contributed by atoms with Crippen molar-refractivity contribution in [2.24, 2.45) is 0 Å². The Bertz CT molecular complexity index is 3190. The fraction of sp³-hybridized carbons (Fsp3) is 0. The molecule has 0 amide bonds. The van der Waals surface area contributed by atoms with E-state index in [1.165, 1.54) is 20.2 Å². The van der Waals surface area contributed by atoms with Gasteiger partial charge in [0.2, 0.25) is 0 Å². The van der Waals surface area contributed by atoms with E-state index in [9.17, 15) is 0 Å². The number of thiophene rings is 2. The van der Waals surface area contributed by atoms with Gasteiger partial charge in [-0.05, 0) is 36.4 Å². The highest BCUT2D eigenvalue weighted by atomic mass is 32.1. The van der Waals surface area contributed by atoms with Crippen LogP contribution in [0.25, 0.3) is 109 Å². The van der Waals surface area contributed by atoms with Gasteiger partial charge in [0.1, 0.15) is 0 Å². The Morgan fingerprint density at radius 1 is 0.268 bits per heavy atom. The molecule has 8 heteroatoms. The summed E-state index contributed by atoms with van der Waals surface area (Å²) in [6.45, 7) is 0. The molecule has 0 N–H and O–H groups in total. The number of rotatable bonds is 6. The van der Waals surface area contributed by atoms with Crippen molar-refractivity contribution in [1.29, 1.82) is 0 Å². The van der Waals surface area contributed by atoms with E-state index in [4.69, 9.17) is 29.9 Å². The molecule has 11 rings (SSSR count). The van der Waals surface area contributed by atoms with Crippen molar-refractivity contribution in [2.45, 2.75) is 0 Å². The number of aromatic nitrogens is 6. The minimum absolute atomic E-state index is 0.627. The van der Waals surface area contributed by atoms with Crippen LogP contribution >= 0.6 is 22.7 Å². The number of nitrogens with zero attached hydrogens (tertiary/aromatic N) is 6. The molecule has 0 aliphatic carbocycles. The molecule has 0 aliphatic rings. The summed E-state index contributed by atoms with van der Waals surface area (Å²) in [4.78, 5) is 30.2. The van der Waals surface area contributed by atoms with E-state index in [-0.39, 0.29) is 0 Å². The highest BCUT2D eigenvalue weighted by Crippen LogP contribution is 2.42. The van der Waals surface area contributed by atoms with E-state index in [0.29, 0.717) is 34.9 Å². The van der Waals surface area contributed by atoms with Crippen LogP contribution in [0, 0.1) is 0 Å². The summed E-state index contributed by atoms with van der Waals surface area (Å²) in [5, 5.41) is 4.75. The first-order chi connectivity index (χ1) is 27.7. The molecule has 0 saturated carbocycles. The largest absolute Gasteiger partial charge is 0.208 e. The highest BCUT2D eigenvalue weighted by Gasteiger charge is 2.19. The van der Waals surface area contributed by atoms with E-state index >= 15 is 0 Å². The second-order valence-electron chi connectivity index (χ2n) is 13.5. The predicted molar refractivity (Wildman–Crippen MR) is 232 cm³/mol. The van der Waals surface area contributed by atoms with Crippen LogP contribution in [0.1, 0.15) is 0 Å². The molecule has 6 nitrogen and oxygen atoms in total. The maximum atomic E-state index is 5.19. The number of benzene rings is 7. The van der Waals surface area contributed by atoms with Crippen LogP contribution in [0.3, 0.4) is 0 Å². The lowest BCUT2D eigenvalue weighted by molar-refractivity contribution is 1.07. The van der Waals surface area contributed by atoms with Crippen LogP contribution in [-0.4, -0.2) is 29.9 Å². The van der Waals surface area contributed by atoms with Crippen molar-refractivity contribution in [2.75, 3.05) is 0 Å². The Morgan fingerprint density at radius 3 is 1.36 bits per heavy atom. The lowest BCUT2D eigenvalue weighted by atomic mass is 10.1. The minimum atomic E-state index is 0.627. The zero-order chi connectivity index (χ0) is 37.0. The number of fused-ring (bicyclic) bond motifs is 6. The average Bonchev–Trinajstić information content (AvgIpc) is 3.85. The van der Waals surface area contributed by atoms with Gasteiger partial charge in [0.25, 0.3) is 0 Å². The number of hydrogen-bond donors (Lipinski definition) is 0. The van der Waals surface area contributed by atoms with Crippen LogP contribution in [-0.2, 0) is 0 Å². The molecule has 0 unspecified atom stereocenters. The van der Waals surface area contributed by atoms with E-state index in [1.54, 1.807) is 22.7 Å². The molecule has 262 valence electrons. The summed E-state index contributed by atoms with van der Waals surface area (Å²) in [7, 11) is 0. The van der Waals surface area contributed by atoms with E-state index in [1.807, 2.05) is 91.0 Å². The third-order valence-electron chi connectivity index (χ3n) is 10.00. The Balaban J connectivity index is 1.06. The third kappa shape index (κ3) is 5.71. The van der Waals surface area contributed by atoms with E-state index in [0.717, 1.165) is 53.6 Å². The zero-order valence-electron chi connectivity index (χ0n) is 29.7. The lowest BCUT2D eigenvalue weighted by Gasteiger charge is -2.09. The molecule has 0 saturated heterocycles. The Kier molecular flexibility index (Phi) is 7.75. The monoisotopic (exact) mass is 752 g/mol. The van der Waals surface area contributed by atoms with Gasteiger partial charge < -0.3 is 0 Å². The molecule has 0 spiro atoms. The predicted octanol–water partition coefficient (Wildman–Crippen LogP) is 12.8. The van der Waals surface area contributed by atoms with Gasteiger partial charge in [-0.1, -0.05) is 133 Å². The Morgan fingerprint density at radius 2 is 0.732 bits per heavy atom. The minimum Gasteiger partial charge on any atom is -0.208 e. The standard InChI is InChI=1S/C48H28N6S2/c1-4-13-29(14-5-1)43-49-44(30-15-6-2-7-16-30)51-47(50-43)33-23-25-35-36-20-12-21-37(42(36)56-41(35)28-33)48-53-45(31-17-8-3-9-18-31)52-46(54-48)32-24-26-40-38(27-32)34-19-10-11-22-39(34)55-40/h1-28H. The van der Waals surface area contributed by atoms with Crippen molar-refractivity contribution >= 4 is 63.0 Å². The van der Waals surface area contributed by atoms with Gasteiger partial charge in [0.15, 0.2) is 34.9 Å². The van der Waals surface area contributed by atoms with Crippen LogP contribution in [0.5, 0.6) is 0 Å². The van der Waals surface area contributed by atoms with Gasteiger partial charge in [-0.2, -0.15) is 0 Å². The number of hydrogen-bond acceptors (Lipinski definition) is 8. The Labute approximate surface area is 329 Å².